The van der Waals surface area contributed by atoms with Gasteiger partial charge in [-0.2, -0.15) is 0 Å². The van der Waals surface area contributed by atoms with Crippen LogP contribution in [-0.2, 0) is 0 Å². The van der Waals surface area contributed by atoms with Gasteiger partial charge in [-0.25, -0.2) is 8.78 Å². The van der Waals surface area contributed by atoms with Gasteiger partial charge < -0.3 is 10.5 Å². The third-order valence-electron chi connectivity index (χ3n) is 2.19. The van der Waals surface area contributed by atoms with Gasteiger partial charge in [0.1, 0.15) is 0 Å². The highest BCUT2D eigenvalue weighted by molar-refractivity contribution is 5.44. The number of hydrogen-bond donors (Lipinski definition) is 1. The van der Waals surface area contributed by atoms with E-state index < -0.39 is 11.6 Å². The number of anilines is 1. The Bertz CT molecular complexity index is 330. The Labute approximate surface area is 94.4 Å². The molecule has 0 heterocycles. The Morgan fingerprint density at radius 2 is 1.81 bits per heavy atom. The van der Waals surface area contributed by atoms with Crippen molar-refractivity contribution < 1.29 is 13.5 Å². The predicted octanol–water partition coefficient (Wildman–Crippen LogP) is 3.36. The molecule has 4 heteroatoms. The molecule has 16 heavy (non-hydrogen) atoms. The maximum Gasteiger partial charge on any atom is 0.190 e. The van der Waals surface area contributed by atoms with Crippen LogP contribution in [0.3, 0.4) is 0 Å². The monoisotopic (exact) mass is 229 g/mol. The molecule has 0 amide bonds. The van der Waals surface area contributed by atoms with Crippen molar-refractivity contribution in [2.45, 2.75) is 26.7 Å². The summed E-state index contributed by atoms with van der Waals surface area (Å²) < 4.78 is 31.6. The number of benzene rings is 1. The van der Waals surface area contributed by atoms with Crippen molar-refractivity contribution in [2.24, 2.45) is 5.92 Å². The van der Waals surface area contributed by atoms with E-state index in [0.29, 0.717) is 12.5 Å². The van der Waals surface area contributed by atoms with Crippen LogP contribution in [0.1, 0.15) is 26.7 Å². The first-order valence-electron chi connectivity index (χ1n) is 5.38. The maximum absolute atomic E-state index is 13.3. The van der Waals surface area contributed by atoms with Gasteiger partial charge in [-0.15, -0.1) is 0 Å². The lowest BCUT2D eigenvalue weighted by Gasteiger charge is -2.09. The quantitative estimate of drug-likeness (QED) is 0.620. The van der Waals surface area contributed by atoms with Crippen LogP contribution in [0.25, 0.3) is 0 Å². The predicted molar refractivity (Wildman–Crippen MR) is 60.3 cm³/mol. The second-order valence-corrected chi connectivity index (χ2v) is 4.20. The van der Waals surface area contributed by atoms with Crippen LogP contribution in [0, 0.1) is 17.6 Å². The minimum Gasteiger partial charge on any atom is -0.488 e. The van der Waals surface area contributed by atoms with Gasteiger partial charge in [0.15, 0.2) is 17.4 Å². The van der Waals surface area contributed by atoms with Crippen molar-refractivity contribution in [2.75, 3.05) is 12.3 Å². The summed E-state index contributed by atoms with van der Waals surface area (Å²) in [6, 6.07) is 2.11. The number of nitrogens with two attached hydrogens (primary N) is 1. The fourth-order valence-corrected chi connectivity index (χ4v) is 1.38. The first-order chi connectivity index (χ1) is 7.50. The van der Waals surface area contributed by atoms with Crippen molar-refractivity contribution in [1.82, 2.24) is 0 Å². The van der Waals surface area contributed by atoms with Crippen LogP contribution in [0.4, 0.5) is 14.5 Å². The zero-order valence-corrected chi connectivity index (χ0v) is 9.59. The normalized spacial score (nSPS) is 10.8. The van der Waals surface area contributed by atoms with Gasteiger partial charge in [0.2, 0.25) is 0 Å². The molecule has 0 fully saturated rings. The van der Waals surface area contributed by atoms with E-state index >= 15 is 0 Å². The lowest BCUT2D eigenvalue weighted by atomic mass is 10.1. The smallest absolute Gasteiger partial charge is 0.190 e. The minimum absolute atomic E-state index is 0.0598. The first kappa shape index (κ1) is 12.7. The molecule has 0 bridgehead atoms. The Hall–Kier alpha value is -1.32. The molecule has 0 saturated heterocycles. The fourth-order valence-electron chi connectivity index (χ4n) is 1.38. The molecule has 0 spiro atoms. The SMILES string of the molecule is CC(C)CCCOc1c(F)cc(N)cc1F. The zero-order valence-electron chi connectivity index (χ0n) is 9.59. The summed E-state index contributed by atoms with van der Waals surface area (Å²) in [5.41, 5.74) is 5.35. The standard InChI is InChI=1S/C12H17F2NO/c1-8(2)4-3-5-16-12-10(13)6-9(15)7-11(12)14/h6-8H,3-5,15H2,1-2H3. The molecule has 0 aliphatic rings. The Morgan fingerprint density at radius 1 is 1.25 bits per heavy atom. The molecule has 0 aliphatic carbocycles. The topological polar surface area (TPSA) is 35.2 Å². The van der Waals surface area contributed by atoms with E-state index in [1.54, 1.807) is 0 Å². The number of ether oxygens (including phenoxy) is 1. The van der Waals surface area contributed by atoms with Crippen LogP contribution in [0.2, 0.25) is 0 Å². The molecule has 0 unspecified atom stereocenters. The average molecular weight is 229 g/mol. The highest BCUT2D eigenvalue weighted by atomic mass is 19.1. The number of hydrogen-bond acceptors (Lipinski definition) is 2. The second-order valence-electron chi connectivity index (χ2n) is 4.20. The summed E-state index contributed by atoms with van der Waals surface area (Å²) in [4.78, 5) is 0. The first-order valence-corrected chi connectivity index (χ1v) is 5.38. The van der Waals surface area contributed by atoms with E-state index in [9.17, 15) is 8.78 Å². The Morgan fingerprint density at radius 3 is 2.31 bits per heavy atom. The molecule has 0 saturated carbocycles. The van der Waals surface area contributed by atoms with E-state index in [1.165, 1.54) is 0 Å². The van der Waals surface area contributed by atoms with Gasteiger partial charge in [0, 0.05) is 17.8 Å². The third-order valence-corrected chi connectivity index (χ3v) is 2.19. The Balaban J connectivity index is 2.54. The molecule has 1 aromatic rings. The molecule has 0 aromatic heterocycles. The third kappa shape index (κ3) is 3.68. The molecule has 2 N–H and O–H groups in total. The molecule has 90 valence electrons. The van der Waals surface area contributed by atoms with Crippen molar-refractivity contribution >= 4 is 5.69 Å². The molecule has 0 aliphatic heterocycles. The number of halogens is 2. The molecular formula is C12H17F2NO. The fraction of sp³-hybridized carbons (Fsp3) is 0.500. The van der Waals surface area contributed by atoms with Crippen molar-refractivity contribution in [3.8, 4) is 5.75 Å². The maximum atomic E-state index is 13.3. The summed E-state index contributed by atoms with van der Waals surface area (Å²) in [6.45, 7) is 4.49. The van der Waals surface area contributed by atoms with Gasteiger partial charge in [-0.3, -0.25) is 0 Å². The molecule has 1 rings (SSSR count). The van der Waals surface area contributed by atoms with E-state index in [2.05, 4.69) is 13.8 Å². The Kier molecular flexibility index (Phi) is 4.52. The van der Waals surface area contributed by atoms with Crippen LogP contribution in [-0.4, -0.2) is 6.61 Å². The molecule has 1 aromatic carbocycles. The highest BCUT2D eigenvalue weighted by Crippen LogP contribution is 2.24. The van der Waals surface area contributed by atoms with E-state index in [4.69, 9.17) is 10.5 Å². The molecule has 0 atom stereocenters. The van der Waals surface area contributed by atoms with Gasteiger partial charge >= 0.3 is 0 Å². The number of nitrogen functional groups attached to an aromatic ring is 1. The molecule has 2 nitrogen and oxygen atoms in total. The largest absolute Gasteiger partial charge is 0.488 e. The van der Waals surface area contributed by atoms with Gasteiger partial charge in [0.25, 0.3) is 0 Å². The summed E-state index contributed by atoms with van der Waals surface area (Å²) in [7, 11) is 0. The van der Waals surface area contributed by atoms with E-state index in [-0.39, 0.29) is 11.4 Å². The summed E-state index contributed by atoms with van der Waals surface area (Å²) >= 11 is 0. The van der Waals surface area contributed by atoms with Crippen LogP contribution in [0.15, 0.2) is 12.1 Å². The second kappa shape index (κ2) is 5.68. The average Bonchev–Trinajstić information content (AvgIpc) is 2.14. The lowest BCUT2D eigenvalue weighted by molar-refractivity contribution is 0.270. The molecule has 0 radical (unpaired) electrons. The summed E-state index contributed by atoms with van der Waals surface area (Å²) in [6.07, 6.45) is 1.75. The van der Waals surface area contributed by atoms with Crippen molar-refractivity contribution in [3.63, 3.8) is 0 Å². The van der Waals surface area contributed by atoms with Gasteiger partial charge in [-0.1, -0.05) is 13.8 Å². The summed E-state index contributed by atoms with van der Waals surface area (Å²) in [5, 5.41) is 0. The highest BCUT2D eigenvalue weighted by Gasteiger charge is 2.11. The zero-order chi connectivity index (χ0) is 12.1. The molecular weight excluding hydrogens is 212 g/mol. The minimum atomic E-state index is -0.748. The lowest BCUT2D eigenvalue weighted by Crippen LogP contribution is -2.03. The van der Waals surface area contributed by atoms with E-state index in [1.807, 2.05) is 0 Å². The van der Waals surface area contributed by atoms with Crippen LogP contribution in [0.5, 0.6) is 5.75 Å². The summed E-state index contributed by atoms with van der Waals surface area (Å²) in [5.74, 6) is -1.27. The van der Waals surface area contributed by atoms with Gasteiger partial charge in [-0.05, 0) is 18.8 Å². The van der Waals surface area contributed by atoms with Crippen molar-refractivity contribution in [1.29, 1.82) is 0 Å². The van der Waals surface area contributed by atoms with Crippen LogP contribution < -0.4 is 10.5 Å². The van der Waals surface area contributed by atoms with E-state index in [0.717, 1.165) is 25.0 Å². The van der Waals surface area contributed by atoms with Crippen LogP contribution >= 0.6 is 0 Å². The number of rotatable bonds is 5. The van der Waals surface area contributed by atoms with Crippen molar-refractivity contribution in [3.05, 3.63) is 23.8 Å². The van der Waals surface area contributed by atoms with Gasteiger partial charge in [0.05, 0.1) is 6.61 Å².